The number of Topliss-reactive ketones (excluding diaryl/α,β-unsaturated/α-hetero) is 1. The molecule has 0 aromatic carbocycles. The number of nitriles is 1. The maximum atomic E-state index is 10.9. The minimum atomic E-state index is -0.697. The van der Waals surface area contributed by atoms with Gasteiger partial charge in [-0.2, -0.15) is 5.26 Å². The van der Waals surface area contributed by atoms with Gasteiger partial charge in [-0.1, -0.05) is 0 Å². The molecule has 0 N–H and O–H groups in total. The molecule has 0 amide bonds. The van der Waals surface area contributed by atoms with Gasteiger partial charge in [-0.15, -0.1) is 0 Å². The third kappa shape index (κ3) is 2.51. The molecule has 0 radical (unpaired) electrons. The Hall–Kier alpha value is -2.42. The zero-order valence-corrected chi connectivity index (χ0v) is 7.76. The maximum Gasteiger partial charge on any atom is 0.433 e. The van der Waals surface area contributed by atoms with Gasteiger partial charge < -0.3 is 4.42 Å². The summed E-state index contributed by atoms with van der Waals surface area (Å²) < 4.78 is 4.75. The fourth-order valence-corrected chi connectivity index (χ4v) is 0.873. The van der Waals surface area contributed by atoms with E-state index in [1.165, 1.54) is 13.0 Å². The van der Waals surface area contributed by atoms with Gasteiger partial charge in [-0.3, -0.25) is 14.9 Å². The number of furan rings is 1. The average Bonchev–Trinajstić information content (AvgIpc) is 2.61. The zero-order valence-electron chi connectivity index (χ0n) is 7.76. The standard InChI is InChI=1S/C9H6N2O4/c1-6(12)7(5-10)4-8-2-3-9(15-8)11(13)14/h2-4H,1H3. The second-order valence-corrected chi connectivity index (χ2v) is 2.66. The Morgan fingerprint density at radius 3 is 2.73 bits per heavy atom. The van der Waals surface area contributed by atoms with Crippen LogP contribution >= 0.6 is 0 Å². The highest BCUT2D eigenvalue weighted by Gasteiger charge is 2.11. The van der Waals surface area contributed by atoms with Crippen LogP contribution in [-0.4, -0.2) is 10.7 Å². The molecule has 0 saturated heterocycles. The third-order valence-corrected chi connectivity index (χ3v) is 1.58. The topological polar surface area (TPSA) is 97.1 Å². The van der Waals surface area contributed by atoms with Crippen LogP contribution in [0.4, 0.5) is 5.88 Å². The Labute approximate surface area is 84.6 Å². The molecule has 0 aliphatic carbocycles. The van der Waals surface area contributed by atoms with Crippen LogP contribution in [0.5, 0.6) is 0 Å². The maximum absolute atomic E-state index is 10.9. The second kappa shape index (κ2) is 4.19. The van der Waals surface area contributed by atoms with Crippen molar-refractivity contribution in [2.75, 3.05) is 0 Å². The van der Waals surface area contributed by atoms with Crippen LogP contribution in [0.1, 0.15) is 12.7 Å². The van der Waals surface area contributed by atoms with Crippen LogP contribution < -0.4 is 0 Å². The lowest BCUT2D eigenvalue weighted by atomic mass is 10.2. The number of hydrogen-bond donors (Lipinski definition) is 0. The molecule has 0 saturated carbocycles. The van der Waals surface area contributed by atoms with Crippen molar-refractivity contribution in [3.63, 3.8) is 0 Å². The van der Waals surface area contributed by atoms with Gasteiger partial charge in [0.05, 0.1) is 11.6 Å². The van der Waals surface area contributed by atoms with Crippen molar-refractivity contribution >= 4 is 17.7 Å². The summed E-state index contributed by atoms with van der Waals surface area (Å²) in [6.07, 6.45) is 1.16. The van der Waals surface area contributed by atoms with Crippen molar-refractivity contribution in [1.82, 2.24) is 0 Å². The van der Waals surface area contributed by atoms with Crippen molar-refractivity contribution in [3.8, 4) is 6.07 Å². The van der Waals surface area contributed by atoms with Crippen LogP contribution in [0, 0.1) is 21.4 Å². The molecule has 6 heteroatoms. The van der Waals surface area contributed by atoms with Gasteiger partial charge in [0.15, 0.2) is 5.78 Å². The molecule has 0 unspecified atom stereocenters. The summed E-state index contributed by atoms with van der Waals surface area (Å²) in [7, 11) is 0. The molecule has 0 atom stereocenters. The van der Waals surface area contributed by atoms with Crippen molar-refractivity contribution in [2.24, 2.45) is 0 Å². The molecule has 0 spiro atoms. The lowest BCUT2D eigenvalue weighted by Gasteiger charge is -1.88. The molecule has 1 aromatic rings. The molecule has 6 nitrogen and oxygen atoms in total. The van der Waals surface area contributed by atoms with E-state index in [-0.39, 0.29) is 11.3 Å². The van der Waals surface area contributed by atoms with Crippen molar-refractivity contribution in [2.45, 2.75) is 6.92 Å². The molecular weight excluding hydrogens is 200 g/mol. The summed E-state index contributed by atoms with van der Waals surface area (Å²) >= 11 is 0. The van der Waals surface area contributed by atoms with E-state index in [4.69, 9.17) is 9.68 Å². The predicted molar refractivity (Wildman–Crippen MR) is 49.6 cm³/mol. The van der Waals surface area contributed by atoms with Gasteiger partial charge in [-0.05, 0) is 13.0 Å². The van der Waals surface area contributed by atoms with Gasteiger partial charge in [0.2, 0.25) is 0 Å². The summed E-state index contributed by atoms with van der Waals surface area (Å²) in [4.78, 5) is 20.4. The van der Waals surface area contributed by atoms with Crippen LogP contribution in [0.3, 0.4) is 0 Å². The highest BCUT2D eigenvalue weighted by atomic mass is 16.6. The smallest absolute Gasteiger partial charge is 0.401 e. The van der Waals surface area contributed by atoms with Gasteiger partial charge in [-0.25, -0.2) is 0 Å². The summed E-state index contributed by atoms with van der Waals surface area (Å²) in [5.74, 6) is -0.743. The second-order valence-electron chi connectivity index (χ2n) is 2.66. The Morgan fingerprint density at radius 1 is 1.67 bits per heavy atom. The van der Waals surface area contributed by atoms with E-state index in [2.05, 4.69) is 0 Å². The molecule has 0 bridgehead atoms. The Balaban J connectivity index is 3.04. The fraction of sp³-hybridized carbons (Fsp3) is 0.111. The van der Waals surface area contributed by atoms with E-state index in [1.807, 2.05) is 0 Å². The van der Waals surface area contributed by atoms with Crippen molar-refractivity contribution in [3.05, 3.63) is 33.6 Å². The molecule has 0 aliphatic heterocycles. The zero-order chi connectivity index (χ0) is 11.4. The first-order valence-corrected chi connectivity index (χ1v) is 3.91. The number of hydrogen-bond acceptors (Lipinski definition) is 5. The molecule has 76 valence electrons. The van der Waals surface area contributed by atoms with Crippen LogP contribution in [-0.2, 0) is 4.79 Å². The Bertz CT molecular complexity index is 479. The van der Waals surface area contributed by atoms with Gasteiger partial charge >= 0.3 is 5.88 Å². The van der Waals surface area contributed by atoms with Gasteiger partial charge in [0.25, 0.3) is 0 Å². The van der Waals surface area contributed by atoms with Crippen LogP contribution in [0.25, 0.3) is 6.08 Å². The third-order valence-electron chi connectivity index (χ3n) is 1.58. The number of allylic oxidation sites excluding steroid dienone is 1. The molecule has 1 aromatic heterocycles. The average molecular weight is 206 g/mol. The van der Waals surface area contributed by atoms with E-state index in [9.17, 15) is 14.9 Å². The van der Waals surface area contributed by atoms with Crippen LogP contribution in [0.15, 0.2) is 22.1 Å². The Morgan fingerprint density at radius 2 is 2.33 bits per heavy atom. The van der Waals surface area contributed by atoms with Crippen molar-refractivity contribution in [1.29, 1.82) is 5.26 Å². The summed E-state index contributed by atoms with van der Waals surface area (Å²) in [6, 6.07) is 4.14. The number of carbonyl (C=O) groups is 1. The van der Waals surface area contributed by atoms with E-state index in [0.29, 0.717) is 0 Å². The number of rotatable bonds is 3. The SMILES string of the molecule is CC(=O)C(C#N)=Cc1ccc([N+](=O)[O-])o1. The largest absolute Gasteiger partial charge is 0.433 e. The highest BCUT2D eigenvalue weighted by Crippen LogP contribution is 2.18. The van der Waals surface area contributed by atoms with E-state index in [0.717, 1.165) is 12.1 Å². The van der Waals surface area contributed by atoms with Crippen LogP contribution in [0.2, 0.25) is 0 Å². The Kier molecular flexibility index (Phi) is 2.98. The summed E-state index contributed by atoms with van der Waals surface area (Å²) in [5.41, 5.74) is -0.112. The molecule has 0 aliphatic rings. The minimum absolute atomic E-state index is 0.105. The van der Waals surface area contributed by atoms with Gasteiger partial charge in [0.1, 0.15) is 16.8 Å². The number of nitro groups is 1. The first-order chi connectivity index (χ1) is 7.04. The quantitative estimate of drug-likeness (QED) is 0.324. The first kappa shape index (κ1) is 10.7. The lowest BCUT2D eigenvalue weighted by molar-refractivity contribution is -0.402. The van der Waals surface area contributed by atoms with Crippen molar-refractivity contribution < 1.29 is 14.1 Å². The molecule has 1 heterocycles. The minimum Gasteiger partial charge on any atom is -0.401 e. The monoisotopic (exact) mass is 206 g/mol. The lowest BCUT2D eigenvalue weighted by Crippen LogP contribution is -1.92. The van der Waals surface area contributed by atoms with E-state index in [1.54, 1.807) is 6.07 Å². The highest BCUT2D eigenvalue weighted by molar-refractivity contribution is 6.01. The molecular formula is C9H6N2O4. The van der Waals surface area contributed by atoms with E-state index >= 15 is 0 Å². The summed E-state index contributed by atoms with van der Waals surface area (Å²) in [5, 5.41) is 18.8. The predicted octanol–water partition coefficient (Wildman–Crippen LogP) is 1.68. The normalized spacial score (nSPS) is 10.8. The summed E-state index contributed by atoms with van der Waals surface area (Å²) in [6.45, 7) is 1.23. The number of nitrogens with zero attached hydrogens (tertiary/aromatic N) is 2. The number of ketones is 1. The molecule has 15 heavy (non-hydrogen) atoms. The van der Waals surface area contributed by atoms with E-state index < -0.39 is 16.6 Å². The number of carbonyl (C=O) groups excluding carboxylic acids is 1. The fourth-order valence-electron chi connectivity index (χ4n) is 0.873. The molecule has 1 rings (SSSR count). The molecule has 0 fully saturated rings. The van der Waals surface area contributed by atoms with Gasteiger partial charge in [0, 0.05) is 6.08 Å². The first-order valence-electron chi connectivity index (χ1n) is 3.91.